The largest absolute Gasteiger partial charge is 0.378 e. The minimum Gasteiger partial charge on any atom is -0.378 e. The Bertz CT molecular complexity index is 2420. The fourth-order valence-corrected chi connectivity index (χ4v) is 9.27. The van der Waals surface area contributed by atoms with Crippen LogP contribution in [-0.2, 0) is 5.41 Å². The Morgan fingerprint density at radius 2 is 1.25 bits per heavy atom. The molecule has 1 N–H and O–H groups in total. The van der Waals surface area contributed by atoms with Crippen molar-refractivity contribution in [2.45, 2.75) is 30.7 Å². The monoisotopic (exact) mass is 654 g/mol. The zero-order chi connectivity index (χ0) is 33.8. The summed E-state index contributed by atoms with van der Waals surface area (Å²) in [5, 5.41) is 3.95. The Labute approximate surface area is 300 Å². The summed E-state index contributed by atoms with van der Waals surface area (Å²) in [5.41, 5.74) is 18.0. The van der Waals surface area contributed by atoms with Crippen LogP contribution in [0.25, 0.3) is 22.3 Å². The molecule has 2 heteroatoms. The molecule has 2 unspecified atom stereocenters. The predicted molar refractivity (Wildman–Crippen MR) is 213 cm³/mol. The van der Waals surface area contributed by atoms with Gasteiger partial charge in [-0.1, -0.05) is 140 Å². The lowest BCUT2D eigenvalue weighted by atomic mass is 9.66. The van der Waals surface area contributed by atoms with Gasteiger partial charge < -0.3 is 10.2 Å². The fraction of sp³-hybridized carbons (Fsp3) is 0.102. The maximum Gasteiger partial charge on any atom is 0.0686 e. The summed E-state index contributed by atoms with van der Waals surface area (Å²) in [4.78, 5) is 2.45. The van der Waals surface area contributed by atoms with Crippen LogP contribution in [0.3, 0.4) is 0 Å². The highest BCUT2D eigenvalue weighted by atomic mass is 15.1. The molecule has 2 atom stereocenters. The summed E-state index contributed by atoms with van der Waals surface area (Å²) in [5.74, 6) is 0. The number of rotatable bonds is 6. The first kappa shape index (κ1) is 29.8. The lowest BCUT2D eigenvalue weighted by molar-refractivity contribution is 0.697. The van der Waals surface area contributed by atoms with Gasteiger partial charge in [-0.3, -0.25) is 0 Å². The van der Waals surface area contributed by atoms with Crippen molar-refractivity contribution in [3.05, 3.63) is 215 Å². The predicted octanol–water partition coefficient (Wildman–Crippen LogP) is 12.5. The normalized spacial score (nSPS) is 19.5. The number of fused-ring (bicyclic) bond motifs is 8. The molecular formula is C49H38N2. The maximum atomic E-state index is 3.95. The first-order valence-electron chi connectivity index (χ1n) is 18.2. The summed E-state index contributed by atoms with van der Waals surface area (Å²) < 4.78 is 0. The van der Waals surface area contributed by atoms with Crippen molar-refractivity contribution in [2.75, 3.05) is 10.2 Å². The van der Waals surface area contributed by atoms with E-state index >= 15 is 0 Å². The van der Waals surface area contributed by atoms with Gasteiger partial charge in [0.05, 0.1) is 17.1 Å². The van der Waals surface area contributed by atoms with Crippen molar-refractivity contribution in [3.63, 3.8) is 0 Å². The Morgan fingerprint density at radius 1 is 0.569 bits per heavy atom. The number of para-hydroxylation sites is 3. The number of nitrogens with zero attached hydrogens (tertiary/aromatic N) is 1. The van der Waals surface area contributed by atoms with Gasteiger partial charge in [0.25, 0.3) is 0 Å². The number of allylic oxidation sites excluding steroid dienone is 5. The van der Waals surface area contributed by atoms with Crippen molar-refractivity contribution in [1.29, 1.82) is 0 Å². The van der Waals surface area contributed by atoms with E-state index in [4.69, 9.17) is 0 Å². The van der Waals surface area contributed by atoms with Gasteiger partial charge in [0.2, 0.25) is 0 Å². The van der Waals surface area contributed by atoms with Crippen LogP contribution in [0.2, 0.25) is 0 Å². The van der Waals surface area contributed by atoms with E-state index in [-0.39, 0.29) is 11.5 Å². The molecule has 0 saturated carbocycles. The van der Waals surface area contributed by atoms with Crippen molar-refractivity contribution < 1.29 is 0 Å². The molecule has 6 aromatic carbocycles. The average Bonchev–Trinajstić information content (AvgIpc) is 3.67. The highest BCUT2D eigenvalue weighted by Crippen LogP contribution is 2.65. The van der Waals surface area contributed by atoms with E-state index in [1.165, 1.54) is 50.1 Å². The van der Waals surface area contributed by atoms with E-state index < -0.39 is 0 Å². The Morgan fingerprint density at radius 3 is 2.08 bits per heavy atom. The molecule has 0 aliphatic heterocycles. The highest BCUT2D eigenvalue weighted by Gasteiger charge is 2.54. The maximum absolute atomic E-state index is 3.95. The molecule has 0 saturated heterocycles. The lowest BCUT2D eigenvalue weighted by Crippen LogP contribution is -2.31. The van der Waals surface area contributed by atoms with Crippen molar-refractivity contribution in [3.8, 4) is 22.3 Å². The molecule has 0 radical (unpaired) electrons. The third kappa shape index (κ3) is 4.56. The third-order valence-electron chi connectivity index (χ3n) is 11.3. The van der Waals surface area contributed by atoms with E-state index in [1.807, 2.05) is 0 Å². The molecule has 6 aromatic rings. The lowest BCUT2D eigenvalue weighted by Gasteiger charge is -2.36. The summed E-state index contributed by atoms with van der Waals surface area (Å²) in [7, 11) is 0. The van der Waals surface area contributed by atoms with Crippen LogP contribution in [0.5, 0.6) is 0 Å². The van der Waals surface area contributed by atoms with Gasteiger partial charge in [0.15, 0.2) is 0 Å². The van der Waals surface area contributed by atoms with E-state index in [1.54, 1.807) is 5.57 Å². The second kappa shape index (κ2) is 12.0. The van der Waals surface area contributed by atoms with Crippen LogP contribution >= 0.6 is 0 Å². The van der Waals surface area contributed by atoms with Gasteiger partial charge in [0.1, 0.15) is 0 Å². The Hall–Kier alpha value is -6.12. The standard InChI is InChI=1S/C49H38N2/c1-4-17-34(18-5-1)38-23-12-15-30-47(38)51(36-21-8-3-9-22-36)37-31-32-40-39-24-10-13-26-42(39)49(45(40)33-37)43-27-14-11-25-41(43)48-44(49)28-16-29-46(48)50-35-19-6-2-7-20-35/h1-13,15-26,28,30-33,46,50H,14,27,29H2. The number of hydrogen-bond donors (Lipinski definition) is 1. The van der Waals surface area contributed by atoms with Crippen molar-refractivity contribution in [2.24, 2.45) is 0 Å². The van der Waals surface area contributed by atoms with Gasteiger partial charge >= 0.3 is 0 Å². The topological polar surface area (TPSA) is 15.3 Å². The van der Waals surface area contributed by atoms with Crippen LogP contribution in [0.4, 0.5) is 22.7 Å². The molecule has 0 aromatic heterocycles. The second-order valence-corrected chi connectivity index (χ2v) is 13.9. The van der Waals surface area contributed by atoms with Crippen molar-refractivity contribution >= 4 is 22.7 Å². The molecule has 2 nitrogen and oxygen atoms in total. The van der Waals surface area contributed by atoms with Gasteiger partial charge in [-0.2, -0.15) is 0 Å². The smallest absolute Gasteiger partial charge is 0.0686 e. The van der Waals surface area contributed by atoms with Crippen LogP contribution < -0.4 is 10.2 Å². The second-order valence-electron chi connectivity index (χ2n) is 13.9. The fourth-order valence-electron chi connectivity index (χ4n) is 9.27. The Kier molecular flexibility index (Phi) is 7.02. The van der Waals surface area contributed by atoms with E-state index in [9.17, 15) is 0 Å². The van der Waals surface area contributed by atoms with Crippen molar-refractivity contribution in [1.82, 2.24) is 0 Å². The molecule has 1 spiro atoms. The zero-order valence-electron chi connectivity index (χ0n) is 28.5. The number of benzene rings is 6. The Balaban J connectivity index is 1.22. The first-order valence-corrected chi connectivity index (χ1v) is 18.2. The van der Waals surface area contributed by atoms with Crippen LogP contribution in [-0.4, -0.2) is 6.04 Å². The van der Waals surface area contributed by atoms with Crippen LogP contribution in [0.1, 0.15) is 30.4 Å². The molecule has 0 amide bonds. The molecule has 244 valence electrons. The number of anilines is 4. The van der Waals surface area contributed by atoms with Gasteiger partial charge in [-0.05, 0) is 112 Å². The van der Waals surface area contributed by atoms with Gasteiger partial charge in [-0.25, -0.2) is 0 Å². The molecule has 4 aliphatic carbocycles. The highest BCUT2D eigenvalue weighted by molar-refractivity contribution is 5.94. The molecule has 0 heterocycles. The van der Waals surface area contributed by atoms with Crippen LogP contribution in [0.15, 0.2) is 204 Å². The zero-order valence-corrected chi connectivity index (χ0v) is 28.5. The van der Waals surface area contributed by atoms with Gasteiger partial charge in [0, 0.05) is 22.6 Å². The summed E-state index contributed by atoms with van der Waals surface area (Å²) in [6.07, 6.45) is 12.7. The average molecular weight is 655 g/mol. The minimum absolute atomic E-state index is 0.192. The minimum atomic E-state index is -0.355. The molecule has 10 rings (SSSR count). The molecule has 0 fully saturated rings. The van der Waals surface area contributed by atoms with E-state index in [2.05, 4.69) is 192 Å². The SMILES string of the molecule is C1=CC2=C(CC1)C1(C3=C2C(Nc2ccccc2)CC=C3)c2ccccc2-c2ccc(N(c3ccccc3)c3ccccc3-c3ccccc3)cc21. The van der Waals surface area contributed by atoms with E-state index in [0.29, 0.717) is 0 Å². The molecule has 51 heavy (non-hydrogen) atoms. The molecular weight excluding hydrogens is 617 g/mol. The number of hydrogen-bond acceptors (Lipinski definition) is 2. The van der Waals surface area contributed by atoms with Gasteiger partial charge in [-0.15, -0.1) is 0 Å². The summed E-state index contributed by atoms with van der Waals surface area (Å²) in [6, 6.07) is 57.8. The van der Waals surface area contributed by atoms with Crippen LogP contribution in [0, 0.1) is 0 Å². The summed E-state index contributed by atoms with van der Waals surface area (Å²) >= 11 is 0. The molecule has 0 bridgehead atoms. The molecule has 4 aliphatic rings. The quantitative estimate of drug-likeness (QED) is 0.192. The van der Waals surface area contributed by atoms with E-state index in [0.717, 1.165) is 42.0 Å². The third-order valence-corrected chi connectivity index (χ3v) is 11.3. The first-order chi connectivity index (χ1) is 25.3. The number of nitrogens with one attached hydrogen (secondary N) is 1. The summed E-state index contributed by atoms with van der Waals surface area (Å²) in [6.45, 7) is 0.